The molecule has 184 valence electrons. The molecule has 5 rings (SSSR count). The van der Waals surface area contributed by atoms with Crippen LogP contribution in [0.4, 0.5) is 0 Å². The van der Waals surface area contributed by atoms with Gasteiger partial charge in [-0.1, -0.05) is 48.5 Å². The van der Waals surface area contributed by atoms with Gasteiger partial charge in [0, 0.05) is 6.61 Å². The van der Waals surface area contributed by atoms with Crippen LogP contribution in [0.3, 0.4) is 0 Å². The lowest BCUT2D eigenvalue weighted by Gasteiger charge is -2.73. The Morgan fingerprint density at radius 1 is 0.750 bits per heavy atom. The maximum atomic E-state index is 10.9. The molecule has 0 amide bonds. The van der Waals surface area contributed by atoms with E-state index >= 15 is 0 Å². The highest BCUT2D eigenvalue weighted by molar-refractivity contribution is 5.19. The third kappa shape index (κ3) is 2.72. The van der Waals surface area contributed by atoms with Crippen LogP contribution in [0.15, 0.2) is 0 Å². The molecule has 5 aliphatic carbocycles. The van der Waals surface area contributed by atoms with Crippen LogP contribution >= 0.6 is 0 Å². The van der Waals surface area contributed by atoms with E-state index in [1.165, 1.54) is 57.8 Å². The number of hydrogen-bond acceptors (Lipinski definition) is 2. The van der Waals surface area contributed by atoms with Gasteiger partial charge in [0.1, 0.15) is 0 Å². The zero-order valence-corrected chi connectivity index (χ0v) is 22.2. The molecule has 0 aromatic carbocycles. The zero-order chi connectivity index (χ0) is 23.3. The second kappa shape index (κ2) is 7.22. The van der Waals surface area contributed by atoms with Gasteiger partial charge in [-0.3, -0.25) is 0 Å². The van der Waals surface area contributed by atoms with Crippen molar-refractivity contribution in [2.45, 2.75) is 119 Å². The van der Waals surface area contributed by atoms with Crippen molar-refractivity contribution in [1.29, 1.82) is 0 Å². The molecule has 4 unspecified atom stereocenters. The molecule has 0 saturated heterocycles. The molecule has 2 nitrogen and oxygen atoms in total. The summed E-state index contributed by atoms with van der Waals surface area (Å²) >= 11 is 0. The SMILES string of the molecule is CC(C)[C@@H]1CC[C@]2(CO)CC[C@]3(C)C(CCC4[C@@]5(C)CC[C@H](O)C(C)(C)C5CC[C@]43C)C12. The van der Waals surface area contributed by atoms with Crippen molar-refractivity contribution < 1.29 is 10.2 Å². The van der Waals surface area contributed by atoms with Crippen LogP contribution in [0.5, 0.6) is 0 Å². The number of rotatable bonds is 2. The summed E-state index contributed by atoms with van der Waals surface area (Å²) in [5.74, 6) is 4.45. The highest BCUT2D eigenvalue weighted by atomic mass is 16.3. The van der Waals surface area contributed by atoms with Crippen LogP contribution in [-0.2, 0) is 0 Å². The highest BCUT2D eigenvalue weighted by Crippen LogP contribution is 2.77. The maximum absolute atomic E-state index is 10.9. The minimum absolute atomic E-state index is 0.0406. The average Bonchev–Trinajstić information content (AvgIpc) is 3.12. The van der Waals surface area contributed by atoms with Crippen molar-refractivity contribution in [3.8, 4) is 0 Å². The van der Waals surface area contributed by atoms with Gasteiger partial charge >= 0.3 is 0 Å². The molecular formula is C30H52O2. The normalized spacial score (nSPS) is 56.8. The summed E-state index contributed by atoms with van der Waals surface area (Å²) in [4.78, 5) is 0. The largest absolute Gasteiger partial charge is 0.396 e. The van der Waals surface area contributed by atoms with Crippen LogP contribution in [0.1, 0.15) is 113 Å². The van der Waals surface area contributed by atoms with E-state index in [4.69, 9.17) is 0 Å². The summed E-state index contributed by atoms with van der Waals surface area (Å²) in [5, 5.41) is 21.6. The average molecular weight is 445 g/mol. The van der Waals surface area contributed by atoms with Crippen LogP contribution in [-0.4, -0.2) is 22.9 Å². The van der Waals surface area contributed by atoms with Crippen LogP contribution in [0, 0.1) is 62.6 Å². The van der Waals surface area contributed by atoms with Gasteiger partial charge in [0.2, 0.25) is 0 Å². The molecule has 5 aliphatic rings. The van der Waals surface area contributed by atoms with Gasteiger partial charge in [0.25, 0.3) is 0 Å². The predicted octanol–water partition coefficient (Wildman–Crippen LogP) is 7.08. The minimum atomic E-state index is -0.137. The van der Waals surface area contributed by atoms with Gasteiger partial charge < -0.3 is 10.2 Å². The molecule has 5 saturated carbocycles. The van der Waals surface area contributed by atoms with Crippen molar-refractivity contribution >= 4 is 0 Å². The molecule has 0 aromatic heterocycles. The van der Waals surface area contributed by atoms with Crippen molar-refractivity contribution in [1.82, 2.24) is 0 Å². The molecular weight excluding hydrogens is 392 g/mol. The van der Waals surface area contributed by atoms with Gasteiger partial charge in [-0.2, -0.15) is 0 Å². The van der Waals surface area contributed by atoms with E-state index in [0.29, 0.717) is 28.8 Å². The van der Waals surface area contributed by atoms with Gasteiger partial charge in [-0.15, -0.1) is 0 Å². The van der Waals surface area contributed by atoms with Gasteiger partial charge in [0.05, 0.1) is 6.10 Å². The van der Waals surface area contributed by atoms with Crippen LogP contribution in [0.2, 0.25) is 0 Å². The summed E-state index contributed by atoms with van der Waals surface area (Å²) < 4.78 is 0. The van der Waals surface area contributed by atoms with Gasteiger partial charge in [-0.25, -0.2) is 0 Å². The summed E-state index contributed by atoms with van der Waals surface area (Å²) in [5.41, 5.74) is 1.40. The lowest BCUT2D eigenvalue weighted by atomic mass is 9.32. The Balaban J connectivity index is 1.54. The Labute approximate surface area is 198 Å². The van der Waals surface area contributed by atoms with Gasteiger partial charge in [-0.05, 0) is 127 Å². The Kier molecular flexibility index (Phi) is 5.34. The zero-order valence-electron chi connectivity index (χ0n) is 22.2. The second-order valence-corrected chi connectivity index (χ2v) is 15.0. The molecule has 0 aliphatic heterocycles. The van der Waals surface area contributed by atoms with E-state index < -0.39 is 0 Å². The highest BCUT2D eigenvalue weighted by Gasteiger charge is 2.70. The second-order valence-electron chi connectivity index (χ2n) is 15.0. The first-order valence-electron chi connectivity index (χ1n) is 14.2. The Morgan fingerprint density at radius 2 is 1.47 bits per heavy atom. The van der Waals surface area contributed by atoms with E-state index in [2.05, 4.69) is 48.5 Å². The fourth-order valence-corrected chi connectivity index (χ4v) is 11.8. The number of aliphatic hydroxyl groups excluding tert-OH is 2. The minimum Gasteiger partial charge on any atom is -0.396 e. The van der Waals surface area contributed by atoms with E-state index in [-0.39, 0.29) is 16.9 Å². The third-order valence-electron chi connectivity index (χ3n) is 13.8. The molecule has 32 heavy (non-hydrogen) atoms. The molecule has 0 bridgehead atoms. The molecule has 2 N–H and O–H groups in total. The number of aliphatic hydroxyl groups is 2. The lowest BCUT2D eigenvalue weighted by molar-refractivity contribution is -0.251. The first-order chi connectivity index (χ1) is 14.9. The van der Waals surface area contributed by atoms with E-state index in [9.17, 15) is 10.2 Å². The quantitative estimate of drug-likeness (QED) is 0.478. The van der Waals surface area contributed by atoms with Crippen molar-refractivity contribution in [3.63, 3.8) is 0 Å². The summed E-state index contributed by atoms with van der Waals surface area (Å²) in [7, 11) is 0. The molecule has 10 atom stereocenters. The lowest BCUT2D eigenvalue weighted by Crippen LogP contribution is -2.66. The van der Waals surface area contributed by atoms with Crippen molar-refractivity contribution in [3.05, 3.63) is 0 Å². The molecule has 0 radical (unpaired) electrons. The number of fused-ring (bicyclic) bond motifs is 7. The molecule has 5 fully saturated rings. The fourth-order valence-electron chi connectivity index (χ4n) is 11.8. The molecule has 0 heterocycles. The van der Waals surface area contributed by atoms with Gasteiger partial charge in [0.15, 0.2) is 0 Å². The topological polar surface area (TPSA) is 40.5 Å². The third-order valence-corrected chi connectivity index (χ3v) is 13.8. The smallest absolute Gasteiger partial charge is 0.0594 e. The molecule has 0 aromatic rings. The molecule has 0 spiro atoms. The first-order valence-corrected chi connectivity index (χ1v) is 14.2. The predicted molar refractivity (Wildman–Crippen MR) is 132 cm³/mol. The number of hydrogen-bond donors (Lipinski definition) is 2. The summed E-state index contributed by atoms with van der Waals surface area (Å²) in [6.45, 7) is 18.1. The van der Waals surface area contributed by atoms with E-state index in [1.807, 2.05) is 0 Å². The standard InChI is InChI=1S/C30H52O2/c1-19(2)20-10-15-30(18-31)17-16-28(6)21(25(20)30)8-9-23-27(5)13-12-24(32)26(3,4)22(27)11-14-29(23,28)7/h19-25,31-32H,8-18H2,1-7H3/t20-,21?,22?,23?,24-,25?,27-,28+,29+,30+/m0/s1. The van der Waals surface area contributed by atoms with Crippen molar-refractivity contribution in [2.75, 3.05) is 6.61 Å². The Hall–Kier alpha value is -0.0800. The monoisotopic (exact) mass is 444 g/mol. The Bertz CT molecular complexity index is 743. The van der Waals surface area contributed by atoms with Crippen molar-refractivity contribution in [2.24, 2.45) is 62.6 Å². The Morgan fingerprint density at radius 3 is 2.12 bits per heavy atom. The first kappa shape index (κ1) is 23.7. The van der Waals surface area contributed by atoms with Crippen LogP contribution < -0.4 is 0 Å². The fraction of sp³-hybridized carbons (Fsp3) is 1.00. The van der Waals surface area contributed by atoms with E-state index in [1.54, 1.807) is 0 Å². The summed E-state index contributed by atoms with van der Waals surface area (Å²) in [6, 6.07) is 0. The molecule has 2 heteroatoms. The maximum Gasteiger partial charge on any atom is 0.0594 e. The summed E-state index contributed by atoms with van der Waals surface area (Å²) in [6.07, 6.45) is 12.6. The van der Waals surface area contributed by atoms with E-state index in [0.717, 1.165) is 36.0 Å². The van der Waals surface area contributed by atoms with Crippen LogP contribution in [0.25, 0.3) is 0 Å².